The van der Waals surface area contributed by atoms with Crippen LogP contribution in [0.15, 0.2) is 46.9 Å². The van der Waals surface area contributed by atoms with Crippen molar-refractivity contribution >= 4 is 21.6 Å². The standard InChI is InChI=1S/C14H11BrFNO3/c15-10-5-6-12(16)11(8-10)14(18)7-9-3-1-2-4-13(9)17(19)20/h1-6,8,14,18H,7H2. The van der Waals surface area contributed by atoms with Gasteiger partial charge in [-0.2, -0.15) is 0 Å². The van der Waals surface area contributed by atoms with Crippen LogP contribution in [0.25, 0.3) is 0 Å². The Bertz CT molecular complexity index is 648. The first-order chi connectivity index (χ1) is 9.49. The highest BCUT2D eigenvalue weighted by Gasteiger charge is 2.19. The zero-order valence-electron chi connectivity index (χ0n) is 10.3. The van der Waals surface area contributed by atoms with Crippen LogP contribution in [-0.4, -0.2) is 10.0 Å². The van der Waals surface area contributed by atoms with Crippen molar-refractivity contribution in [2.45, 2.75) is 12.5 Å². The molecule has 4 nitrogen and oxygen atoms in total. The summed E-state index contributed by atoms with van der Waals surface area (Å²) in [5, 5.41) is 21.0. The molecule has 0 spiro atoms. The fourth-order valence-corrected chi connectivity index (χ4v) is 2.33. The van der Waals surface area contributed by atoms with E-state index in [9.17, 15) is 19.6 Å². The minimum Gasteiger partial charge on any atom is -0.388 e. The Kier molecular flexibility index (Phi) is 4.46. The van der Waals surface area contributed by atoms with Crippen molar-refractivity contribution in [3.63, 3.8) is 0 Å². The first-order valence-corrected chi connectivity index (χ1v) is 6.63. The molecule has 0 amide bonds. The monoisotopic (exact) mass is 339 g/mol. The highest BCUT2D eigenvalue weighted by atomic mass is 79.9. The van der Waals surface area contributed by atoms with Gasteiger partial charge in [-0.15, -0.1) is 0 Å². The molecule has 2 rings (SSSR count). The third-order valence-electron chi connectivity index (χ3n) is 2.92. The Balaban J connectivity index is 2.30. The number of aliphatic hydroxyl groups excluding tert-OH is 1. The lowest BCUT2D eigenvalue weighted by atomic mass is 10.00. The van der Waals surface area contributed by atoms with Gasteiger partial charge in [0.2, 0.25) is 0 Å². The molecule has 1 atom stereocenters. The van der Waals surface area contributed by atoms with Crippen molar-refractivity contribution in [2.24, 2.45) is 0 Å². The molecule has 2 aromatic rings. The van der Waals surface area contributed by atoms with Crippen LogP contribution in [0.3, 0.4) is 0 Å². The number of para-hydroxylation sites is 1. The molecule has 0 radical (unpaired) electrons. The van der Waals surface area contributed by atoms with Gasteiger partial charge < -0.3 is 5.11 Å². The maximum Gasteiger partial charge on any atom is 0.272 e. The number of nitrogens with zero attached hydrogens (tertiary/aromatic N) is 1. The van der Waals surface area contributed by atoms with Crippen molar-refractivity contribution in [1.82, 2.24) is 0 Å². The van der Waals surface area contributed by atoms with Gasteiger partial charge in [0.15, 0.2) is 0 Å². The maximum absolute atomic E-state index is 13.7. The van der Waals surface area contributed by atoms with Crippen molar-refractivity contribution in [1.29, 1.82) is 0 Å². The van der Waals surface area contributed by atoms with Crippen LogP contribution in [0, 0.1) is 15.9 Å². The molecule has 0 aliphatic rings. The molecule has 0 aliphatic carbocycles. The first-order valence-electron chi connectivity index (χ1n) is 5.84. The quantitative estimate of drug-likeness (QED) is 0.681. The number of hydrogen-bond donors (Lipinski definition) is 1. The summed E-state index contributed by atoms with van der Waals surface area (Å²) in [5.41, 5.74) is 0.392. The Morgan fingerprint density at radius 1 is 1.30 bits per heavy atom. The van der Waals surface area contributed by atoms with Crippen LogP contribution in [0.5, 0.6) is 0 Å². The highest BCUT2D eigenvalue weighted by molar-refractivity contribution is 9.10. The normalized spacial score (nSPS) is 12.2. The van der Waals surface area contributed by atoms with E-state index in [-0.39, 0.29) is 17.7 Å². The van der Waals surface area contributed by atoms with E-state index in [1.165, 1.54) is 24.3 Å². The minimum atomic E-state index is -1.14. The van der Waals surface area contributed by atoms with Gasteiger partial charge in [-0.3, -0.25) is 10.1 Å². The van der Waals surface area contributed by atoms with E-state index in [0.717, 1.165) is 0 Å². The first kappa shape index (κ1) is 14.6. The van der Waals surface area contributed by atoms with Gasteiger partial charge in [0.25, 0.3) is 5.69 Å². The minimum absolute atomic E-state index is 0.0233. The number of halogens is 2. The molecule has 0 saturated heterocycles. The molecule has 20 heavy (non-hydrogen) atoms. The van der Waals surface area contributed by atoms with Gasteiger partial charge in [0.1, 0.15) is 5.82 Å². The SMILES string of the molecule is O=[N+]([O-])c1ccccc1CC(O)c1cc(Br)ccc1F. The van der Waals surface area contributed by atoms with Gasteiger partial charge in [0, 0.05) is 28.1 Å². The average Bonchev–Trinajstić information content (AvgIpc) is 2.41. The topological polar surface area (TPSA) is 63.4 Å². The number of benzene rings is 2. The van der Waals surface area contributed by atoms with E-state index < -0.39 is 16.8 Å². The molecule has 0 saturated carbocycles. The van der Waals surface area contributed by atoms with Crippen LogP contribution in [-0.2, 0) is 6.42 Å². The van der Waals surface area contributed by atoms with Crippen molar-refractivity contribution in [3.05, 3.63) is 74.0 Å². The lowest BCUT2D eigenvalue weighted by Gasteiger charge is -2.12. The molecular weight excluding hydrogens is 329 g/mol. The van der Waals surface area contributed by atoms with Crippen LogP contribution in [0.2, 0.25) is 0 Å². The maximum atomic E-state index is 13.7. The van der Waals surface area contributed by atoms with Gasteiger partial charge in [-0.1, -0.05) is 34.1 Å². The molecule has 0 bridgehead atoms. The van der Waals surface area contributed by atoms with Crippen LogP contribution >= 0.6 is 15.9 Å². The molecule has 0 fully saturated rings. The Labute approximate surface area is 123 Å². The van der Waals surface area contributed by atoms with E-state index in [2.05, 4.69) is 15.9 Å². The number of hydrogen-bond acceptors (Lipinski definition) is 3. The molecule has 0 heterocycles. The van der Waals surface area contributed by atoms with Gasteiger partial charge >= 0.3 is 0 Å². The van der Waals surface area contributed by atoms with Gasteiger partial charge in [0.05, 0.1) is 11.0 Å². The second kappa shape index (κ2) is 6.11. The average molecular weight is 340 g/mol. The second-order valence-electron chi connectivity index (χ2n) is 4.27. The second-order valence-corrected chi connectivity index (χ2v) is 5.19. The predicted molar refractivity (Wildman–Crippen MR) is 75.9 cm³/mol. The third kappa shape index (κ3) is 3.20. The van der Waals surface area contributed by atoms with Gasteiger partial charge in [-0.05, 0) is 18.2 Å². The van der Waals surface area contributed by atoms with E-state index >= 15 is 0 Å². The van der Waals surface area contributed by atoms with Crippen molar-refractivity contribution in [2.75, 3.05) is 0 Å². The summed E-state index contributed by atoms with van der Waals surface area (Å²) in [6, 6.07) is 10.3. The summed E-state index contributed by atoms with van der Waals surface area (Å²) in [4.78, 5) is 10.4. The number of nitro benzene ring substituents is 1. The Morgan fingerprint density at radius 3 is 2.70 bits per heavy atom. The van der Waals surface area contributed by atoms with E-state index in [0.29, 0.717) is 10.0 Å². The summed E-state index contributed by atoms with van der Waals surface area (Å²) in [6.45, 7) is 0. The van der Waals surface area contributed by atoms with E-state index in [1.807, 2.05) is 0 Å². The molecule has 0 aliphatic heterocycles. The lowest BCUT2D eigenvalue weighted by Crippen LogP contribution is -2.06. The molecule has 1 N–H and O–H groups in total. The summed E-state index contributed by atoms with van der Waals surface area (Å²) in [7, 11) is 0. The fraction of sp³-hybridized carbons (Fsp3) is 0.143. The summed E-state index contributed by atoms with van der Waals surface area (Å²) >= 11 is 3.20. The fourth-order valence-electron chi connectivity index (χ4n) is 1.95. The number of rotatable bonds is 4. The van der Waals surface area contributed by atoms with Crippen LogP contribution < -0.4 is 0 Å². The summed E-state index contributed by atoms with van der Waals surface area (Å²) < 4.78 is 14.3. The highest BCUT2D eigenvalue weighted by Crippen LogP contribution is 2.27. The summed E-state index contributed by atoms with van der Waals surface area (Å²) in [5.74, 6) is -0.542. The van der Waals surface area contributed by atoms with Crippen molar-refractivity contribution < 1.29 is 14.4 Å². The lowest BCUT2D eigenvalue weighted by molar-refractivity contribution is -0.385. The molecule has 104 valence electrons. The summed E-state index contributed by atoms with van der Waals surface area (Å²) in [6.07, 6.45) is -1.17. The Morgan fingerprint density at radius 2 is 2.00 bits per heavy atom. The molecule has 6 heteroatoms. The van der Waals surface area contributed by atoms with Gasteiger partial charge in [-0.25, -0.2) is 4.39 Å². The number of nitro groups is 1. The molecule has 2 aromatic carbocycles. The van der Waals surface area contributed by atoms with Crippen molar-refractivity contribution in [3.8, 4) is 0 Å². The van der Waals surface area contributed by atoms with Crippen LogP contribution in [0.1, 0.15) is 17.2 Å². The van der Waals surface area contributed by atoms with Crippen LogP contribution in [0.4, 0.5) is 10.1 Å². The predicted octanol–water partition coefficient (Wildman–Crippen LogP) is 3.77. The Hall–Kier alpha value is -1.79. The molecule has 0 aromatic heterocycles. The smallest absolute Gasteiger partial charge is 0.272 e. The zero-order chi connectivity index (χ0) is 14.7. The molecular formula is C14H11BrFNO3. The largest absolute Gasteiger partial charge is 0.388 e. The van der Waals surface area contributed by atoms with E-state index in [1.54, 1.807) is 18.2 Å². The van der Waals surface area contributed by atoms with E-state index in [4.69, 9.17) is 0 Å². The molecule has 1 unspecified atom stereocenters. The zero-order valence-corrected chi connectivity index (χ0v) is 11.9. The number of aliphatic hydroxyl groups is 1. The third-order valence-corrected chi connectivity index (χ3v) is 3.41.